The standard InChI is InChI=1S/C15H21NO3/c1-10-7-12-13(19-6-5-18-12)8-11(10)9-14(17)16-15(2,3)4/h7-8H,5-6,9H2,1-4H3,(H,16,17). The van der Waals surface area contributed by atoms with Gasteiger partial charge in [-0.05, 0) is 51.0 Å². The van der Waals surface area contributed by atoms with Gasteiger partial charge in [0.1, 0.15) is 13.2 Å². The third-order valence-corrected chi connectivity index (χ3v) is 2.87. The molecule has 1 heterocycles. The molecule has 4 heteroatoms. The second-order valence-corrected chi connectivity index (χ2v) is 5.90. The van der Waals surface area contributed by atoms with Crippen molar-refractivity contribution in [2.75, 3.05) is 13.2 Å². The summed E-state index contributed by atoms with van der Waals surface area (Å²) in [6, 6.07) is 3.85. The fourth-order valence-corrected chi connectivity index (χ4v) is 2.06. The molecule has 0 atom stereocenters. The molecule has 0 saturated heterocycles. The summed E-state index contributed by atoms with van der Waals surface area (Å²) in [7, 11) is 0. The number of rotatable bonds is 2. The smallest absolute Gasteiger partial charge is 0.224 e. The summed E-state index contributed by atoms with van der Waals surface area (Å²) < 4.78 is 11.1. The zero-order valence-electron chi connectivity index (χ0n) is 12.0. The summed E-state index contributed by atoms with van der Waals surface area (Å²) >= 11 is 0. The molecule has 1 aliphatic heterocycles. The summed E-state index contributed by atoms with van der Waals surface area (Å²) in [6.45, 7) is 9.04. The predicted molar refractivity (Wildman–Crippen MR) is 73.8 cm³/mol. The minimum atomic E-state index is -0.210. The number of hydrogen-bond acceptors (Lipinski definition) is 3. The molecule has 0 aliphatic carbocycles. The van der Waals surface area contributed by atoms with E-state index in [4.69, 9.17) is 9.47 Å². The first-order chi connectivity index (χ1) is 8.85. The van der Waals surface area contributed by atoms with Crippen molar-refractivity contribution < 1.29 is 14.3 Å². The maximum Gasteiger partial charge on any atom is 0.224 e. The van der Waals surface area contributed by atoms with Crippen molar-refractivity contribution in [3.8, 4) is 11.5 Å². The van der Waals surface area contributed by atoms with Gasteiger partial charge in [0.2, 0.25) is 5.91 Å². The first-order valence-electron chi connectivity index (χ1n) is 6.55. The normalized spacial score (nSPS) is 14.1. The number of benzene rings is 1. The van der Waals surface area contributed by atoms with Crippen LogP contribution in [0.4, 0.5) is 0 Å². The second kappa shape index (κ2) is 5.11. The van der Waals surface area contributed by atoms with Crippen LogP contribution in [0.15, 0.2) is 12.1 Å². The average Bonchev–Trinajstić information content (AvgIpc) is 2.27. The highest BCUT2D eigenvalue weighted by atomic mass is 16.6. The van der Waals surface area contributed by atoms with Crippen molar-refractivity contribution in [1.82, 2.24) is 5.32 Å². The molecule has 0 fully saturated rings. The number of ether oxygens (including phenoxy) is 2. The molecule has 0 saturated carbocycles. The summed E-state index contributed by atoms with van der Waals surface area (Å²) in [5.74, 6) is 1.52. The Balaban J connectivity index is 2.14. The number of amides is 1. The molecule has 1 aromatic rings. The summed E-state index contributed by atoms with van der Waals surface area (Å²) in [5.41, 5.74) is 1.82. The van der Waals surface area contributed by atoms with E-state index in [0.29, 0.717) is 19.6 Å². The topological polar surface area (TPSA) is 47.6 Å². The quantitative estimate of drug-likeness (QED) is 0.890. The van der Waals surface area contributed by atoms with Crippen molar-refractivity contribution in [2.45, 2.75) is 39.7 Å². The number of fused-ring (bicyclic) bond motifs is 1. The Morgan fingerprint density at radius 3 is 2.37 bits per heavy atom. The van der Waals surface area contributed by atoms with Crippen molar-refractivity contribution in [3.05, 3.63) is 23.3 Å². The molecule has 4 nitrogen and oxygen atoms in total. The molecule has 0 unspecified atom stereocenters. The van der Waals surface area contributed by atoms with Crippen molar-refractivity contribution in [1.29, 1.82) is 0 Å². The van der Waals surface area contributed by atoms with Crippen LogP contribution in [0.3, 0.4) is 0 Å². The van der Waals surface area contributed by atoms with Gasteiger partial charge in [0.15, 0.2) is 11.5 Å². The van der Waals surface area contributed by atoms with Crippen molar-refractivity contribution in [3.63, 3.8) is 0 Å². The van der Waals surface area contributed by atoms with Gasteiger partial charge in [-0.3, -0.25) is 4.79 Å². The van der Waals surface area contributed by atoms with E-state index >= 15 is 0 Å². The molecular formula is C15H21NO3. The minimum absolute atomic E-state index is 0.0206. The molecule has 1 amide bonds. The number of hydrogen-bond donors (Lipinski definition) is 1. The zero-order chi connectivity index (χ0) is 14.0. The average molecular weight is 263 g/mol. The lowest BCUT2D eigenvalue weighted by molar-refractivity contribution is -0.121. The van der Waals surface area contributed by atoms with Gasteiger partial charge >= 0.3 is 0 Å². The number of carbonyl (C=O) groups is 1. The Bertz CT molecular complexity index is 489. The largest absolute Gasteiger partial charge is 0.486 e. The Morgan fingerprint density at radius 1 is 1.21 bits per heavy atom. The van der Waals surface area contributed by atoms with Crippen LogP contribution in [0.25, 0.3) is 0 Å². The lowest BCUT2D eigenvalue weighted by atomic mass is 10.0. The molecule has 0 radical (unpaired) electrons. The summed E-state index contributed by atoms with van der Waals surface area (Å²) in [6.07, 6.45) is 0.361. The zero-order valence-corrected chi connectivity index (χ0v) is 12.0. The fraction of sp³-hybridized carbons (Fsp3) is 0.533. The number of nitrogens with one attached hydrogen (secondary N) is 1. The first kappa shape index (κ1) is 13.7. The van der Waals surface area contributed by atoms with Crippen molar-refractivity contribution >= 4 is 5.91 Å². The molecule has 0 aromatic heterocycles. The van der Waals surface area contributed by atoms with Crippen LogP contribution in [0.1, 0.15) is 31.9 Å². The van der Waals surface area contributed by atoms with E-state index in [-0.39, 0.29) is 11.4 Å². The van der Waals surface area contributed by atoms with Crippen LogP contribution in [0.5, 0.6) is 11.5 Å². The molecule has 2 rings (SSSR count). The van der Waals surface area contributed by atoms with Gasteiger partial charge in [-0.2, -0.15) is 0 Å². The Hall–Kier alpha value is -1.71. The Labute approximate surface area is 114 Å². The van der Waals surface area contributed by atoms with E-state index < -0.39 is 0 Å². The highest BCUT2D eigenvalue weighted by Crippen LogP contribution is 2.33. The molecule has 1 N–H and O–H groups in total. The molecule has 19 heavy (non-hydrogen) atoms. The van der Waals surface area contributed by atoms with Crippen LogP contribution in [0.2, 0.25) is 0 Å². The van der Waals surface area contributed by atoms with Crippen molar-refractivity contribution in [2.24, 2.45) is 0 Å². The second-order valence-electron chi connectivity index (χ2n) is 5.90. The maximum atomic E-state index is 12.0. The fourth-order valence-electron chi connectivity index (χ4n) is 2.06. The molecule has 0 spiro atoms. The molecule has 104 valence electrons. The third-order valence-electron chi connectivity index (χ3n) is 2.87. The highest BCUT2D eigenvalue weighted by molar-refractivity contribution is 5.80. The van der Waals surface area contributed by atoms with Crippen LogP contribution in [-0.2, 0) is 11.2 Å². The van der Waals surface area contributed by atoms with E-state index in [9.17, 15) is 4.79 Å². The van der Waals surface area contributed by atoms with Gasteiger partial charge in [0.05, 0.1) is 6.42 Å². The number of carbonyl (C=O) groups excluding carboxylic acids is 1. The maximum absolute atomic E-state index is 12.0. The predicted octanol–water partition coefficient (Wildman–Crippen LogP) is 2.22. The Kier molecular flexibility index (Phi) is 3.69. The SMILES string of the molecule is Cc1cc2c(cc1CC(=O)NC(C)(C)C)OCCO2. The van der Waals surface area contributed by atoms with E-state index in [1.54, 1.807) is 0 Å². The van der Waals surface area contributed by atoms with Crippen LogP contribution in [0, 0.1) is 6.92 Å². The molecular weight excluding hydrogens is 242 g/mol. The van der Waals surface area contributed by atoms with Gasteiger partial charge in [0, 0.05) is 5.54 Å². The first-order valence-corrected chi connectivity index (χ1v) is 6.55. The van der Waals surface area contributed by atoms with E-state index in [1.807, 2.05) is 39.8 Å². The van der Waals surface area contributed by atoms with Crippen LogP contribution < -0.4 is 14.8 Å². The monoisotopic (exact) mass is 263 g/mol. The van der Waals surface area contributed by atoms with E-state index in [1.165, 1.54) is 0 Å². The van der Waals surface area contributed by atoms with Gasteiger partial charge in [-0.25, -0.2) is 0 Å². The molecule has 1 aromatic carbocycles. The van der Waals surface area contributed by atoms with Gasteiger partial charge in [-0.1, -0.05) is 0 Å². The van der Waals surface area contributed by atoms with Gasteiger partial charge in [-0.15, -0.1) is 0 Å². The Morgan fingerprint density at radius 2 is 1.79 bits per heavy atom. The number of aryl methyl sites for hydroxylation is 1. The van der Waals surface area contributed by atoms with E-state index in [0.717, 1.165) is 22.6 Å². The lowest BCUT2D eigenvalue weighted by Crippen LogP contribution is -2.41. The molecule has 0 bridgehead atoms. The van der Waals surface area contributed by atoms with Crippen LogP contribution >= 0.6 is 0 Å². The summed E-state index contributed by atoms with van der Waals surface area (Å²) in [4.78, 5) is 12.0. The van der Waals surface area contributed by atoms with Gasteiger partial charge in [0.25, 0.3) is 0 Å². The lowest BCUT2D eigenvalue weighted by Gasteiger charge is -2.22. The van der Waals surface area contributed by atoms with E-state index in [2.05, 4.69) is 5.32 Å². The van der Waals surface area contributed by atoms with Gasteiger partial charge < -0.3 is 14.8 Å². The van der Waals surface area contributed by atoms with Crippen LogP contribution in [-0.4, -0.2) is 24.7 Å². The minimum Gasteiger partial charge on any atom is -0.486 e. The summed E-state index contributed by atoms with van der Waals surface area (Å²) in [5, 5.41) is 2.96. The third kappa shape index (κ3) is 3.63. The highest BCUT2D eigenvalue weighted by Gasteiger charge is 2.18. The molecule has 1 aliphatic rings.